The van der Waals surface area contributed by atoms with Crippen molar-refractivity contribution in [3.05, 3.63) is 94.3 Å². The van der Waals surface area contributed by atoms with Gasteiger partial charge in [0.25, 0.3) is 0 Å². The summed E-state index contributed by atoms with van der Waals surface area (Å²) in [7, 11) is 0. The zero-order chi connectivity index (χ0) is 21.9. The molecule has 2 heterocycles. The summed E-state index contributed by atoms with van der Waals surface area (Å²) >= 11 is 0. The summed E-state index contributed by atoms with van der Waals surface area (Å²) in [5.74, 6) is -2.41. The summed E-state index contributed by atoms with van der Waals surface area (Å²) < 4.78 is 29.5. The van der Waals surface area contributed by atoms with Crippen LogP contribution in [0.1, 0.15) is 45.3 Å². The third kappa shape index (κ3) is 2.94. The van der Waals surface area contributed by atoms with Crippen molar-refractivity contribution in [2.24, 2.45) is 0 Å². The third-order valence-electron chi connectivity index (χ3n) is 6.22. The van der Waals surface area contributed by atoms with Crippen molar-refractivity contribution in [3.63, 3.8) is 0 Å². The SMILES string of the molecule is Cc1c(-c2cccn3c(C(=O)c4cc(F)c(N)c(F)c4)ccc23)ccc2c1CCC2O. The maximum absolute atomic E-state index is 13.9. The molecule has 0 bridgehead atoms. The van der Waals surface area contributed by atoms with Gasteiger partial charge in [-0.2, -0.15) is 0 Å². The highest BCUT2D eigenvalue weighted by atomic mass is 19.1. The van der Waals surface area contributed by atoms with E-state index in [2.05, 4.69) is 0 Å². The van der Waals surface area contributed by atoms with Crippen LogP contribution in [0.2, 0.25) is 0 Å². The summed E-state index contributed by atoms with van der Waals surface area (Å²) in [6.07, 6.45) is 2.89. The molecule has 6 heteroatoms. The molecule has 0 spiro atoms. The van der Waals surface area contributed by atoms with E-state index in [9.17, 15) is 18.7 Å². The van der Waals surface area contributed by atoms with Crippen molar-refractivity contribution in [1.29, 1.82) is 0 Å². The Hall–Kier alpha value is -3.51. The van der Waals surface area contributed by atoms with E-state index in [1.165, 1.54) is 5.56 Å². The first kappa shape index (κ1) is 19.5. The van der Waals surface area contributed by atoms with E-state index in [-0.39, 0.29) is 5.56 Å². The molecular formula is C25H20F2N2O2. The number of nitrogens with two attached hydrogens (primary N) is 1. The van der Waals surface area contributed by atoms with E-state index in [1.807, 2.05) is 37.3 Å². The Morgan fingerprint density at radius 3 is 2.58 bits per heavy atom. The van der Waals surface area contributed by atoms with E-state index in [1.54, 1.807) is 16.7 Å². The first-order valence-corrected chi connectivity index (χ1v) is 10.1. The summed E-state index contributed by atoms with van der Waals surface area (Å²) in [6, 6.07) is 13.2. The standard InChI is InChI=1S/C25H20F2N2O2/c1-13-15(4-5-18-16(13)6-9-23(18)30)17-3-2-10-29-21(17)7-8-22(29)25(31)14-11-19(26)24(28)20(27)12-14/h2-5,7-8,10-12,23,30H,6,9,28H2,1H3. The molecule has 0 aliphatic heterocycles. The molecule has 5 rings (SSSR count). The number of anilines is 1. The van der Waals surface area contributed by atoms with Gasteiger partial charge in [-0.25, -0.2) is 8.78 Å². The normalized spacial score (nSPS) is 15.4. The molecule has 0 saturated heterocycles. The second-order valence-corrected chi connectivity index (χ2v) is 7.94. The lowest BCUT2D eigenvalue weighted by molar-refractivity contribution is 0.103. The van der Waals surface area contributed by atoms with E-state index >= 15 is 0 Å². The number of halogens is 2. The molecule has 156 valence electrons. The highest BCUT2D eigenvalue weighted by molar-refractivity contribution is 6.09. The van der Waals surface area contributed by atoms with Gasteiger partial charge in [-0.3, -0.25) is 4.79 Å². The predicted molar refractivity (Wildman–Crippen MR) is 115 cm³/mol. The van der Waals surface area contributed by atoms with Crippen LogP contribution in [0.25, 0.3) is 16.6 Å². The van der Waals surface area contributed by atoms with Gasteiger partial charge in [0, 0.05) is 17.3 Å². The fourth-order valence-corrected chi connectivity index (χ4v) is 4.57. The van der Waals surface area contributed by atoms with Crippen LogP contribution in [0.4, 0.5) is 14.5 Å². The number of pyridine rings is 1. The number of aromatic nitrogens is 1. The average Bonchev–Trinajstić information content (AvgIpc) is 3.36. The van der Waals surface area contributed by atoms with Crippen LogP contribution >= 0.6 is 0 Å². The summed E-state index contributed by atoms with van der Waals surface area (Å²) in [4.78, 5) is 13.0. The van der Waals surface area contributed by atoms with Crippen LogP contribution in [0, 0.1) is 18.6 Å². The first-order chi connectivity index (χ1) is 14.9. The molecule has 0 fully saturated rings. The number of nitrogen functional groups attached to an aromatic ring is 1. The fourth-order valence-electron chi connectivity index (χ4n) is 4.57. The predicted octanol–water partition coefficient (Wildman–Crippen LogP) is 4.99. The van der Waals surface area contributed by atoms with Crippen molar-refractivity contribution in [3.8, 4) is 11.1 Å². The van der Waals surface area contributed by atoms with Crippen molar-refractivity contribution in [2.75, 3.05) is 5.73 Å². The van der Waals surface area contributed by atoms with E-state index < -0.39 is 29.2 Å². The lowest BCUT2D eigenvalue weighted by Gasteiger charge is -2.14. The highest BCUT2D eigenvalue weighted by Crippen LogP contribution is 2.39. The molecule has 31 heavy (non-hydrogen) atoms. The Labute approximate surface area is 177 Å². The van der Waals surface area contributed by atoms with Crippen LogP contribution in [0.3, 0.4) is 0 Å². The van der Waals surface area contributed by atoms with Gasteiger partial charge in [-0.15, -0.1) is 0 Å². The molecule has 1 unspecified atom stereocenters. The Balaban J connectivity index is 1.63. The van der Waals surface area contributed by atoms with Gasteiger partial charge in [0.15, 0.2) is 0 Å². The van der Waals surface area contributed by atoms with Crippen molar-refractivity contribution in [2.45, 2.75) is 25.9 Å². The number of nitrogens with zero attached hydrogens (tertiary/aromatic N) is 1. The molecule has 3 N–H and O–H groups in total. The number of aliphatic hydroxyl groups excluding tert-OH is 1. The molecule has 4 aromatic rings. The molecule has 2 aromatic carbocycles. The fraction of sp³-hybridized carbons (Fsp3) is 0.160. The maximum atomic E-state index is 13.9. The Bertz CT molecular complexity index is 1350. The molecule has 0 saturated carbocycles. The van der Waals surface area contributed by atoms with Gasteiger partial charge in [0.05, 0.1) is 17.3 Å². The zero-order valence-electron chi connectivity index (χ0n) is 16.8. The van der Waals surface area contributed by atoms with E-state index in [4.69, 9.17) is 5.73 Å². The number of fused-ring (bicyclic) bond motifs is 2. The summed E-state index contributed by atoms with van der Waals surface area (Å²) in [5, 5.41) is 10.2. The van der Waals surface area contributed by atoms with Gasteiger partial charge in [-0.1, -0.05) is 18.2 Å². The van der Waals surface area contributed by atoms with Crippen molar-refractivity contribution >= 4 is 17.0 Å². The first-order valence-electron chi connectivity index (χ1n) is 10.1. The quantitative estimate of drug-likeness (QED) is 0.364. The average molecular weight is 418 g/mol. The van der Waals surface area contributed by atoms with Crippen LogP contribution < -0.4 is 5.73 Å². The molecule has 0 radical (unpaired) electrons. The number of carbonyl (C=O) groups excluding carboxylic acids is 1. The van der Waals surface area contributed by atoms with Crippen LogP contribution in [0.15, 0.2) is 54.7 Å². The molecule has 4 nitrogen and oxygen atoms in total. The number of carbonyl (C=O) groups is 1. The van der Waals surface area contributed by atoms with Gasteiger partial charge in [0.2, 0.25) is 5.78 Å². The van der Waals surface area contributed by atoms with Gasteiger partial charge >= 0.3 is 0 Å². The largest absolute Gasteiger partial charge is 0.394 e. The number of aliphatic hydroxyl groups is 1. The second kappa shape index (κ2) is 7.03. The number of hydrogen-bond acceptors (Lipinski definition) is 3. The Morgan fingerprint density at radius 2 is 1.84 bits per heavy atom. The maximum Gasteiger partial charge on any atom is 0.209 e. The Kier molecular flexibility index (Phi) is 4.41. The topological polar surface area (TPSA) is 67.7 Å². The molecule has 2 aromatic heterocycles. The van der Waals surface area contributed by atoms with Crippen molar-refractivity contribution in [1.82, 2.24) is 4.40 Å². The van der Waals surface area contributed by atoms with Gasteiger partial charge in [-0.05, 0) is 72.4 Å². The molecular weight excluding hydrogens is 398 g/mol. The number of hydrogen-bond donors (Lipinski definition) is 2. The Morgan fingerprint density at radius 1 is 1.10 bits per heavy atom. The van der Waals surface area contributed by atoms with Crippen LogP contribution in [0.5, 0.6) is 0 Å². The minimum absolute atomic E-state index is 0.0997. The van der Waals surface area contributed by atoms with Gasteiger partial charge < -0.3 is 15.2 Å². The molecule has 1 aliphatic carbocycles. The number of benzene rings is 2. The van der Waals surface area contributed by atoms with Crippen LogP contribution in [-0.4, -0.2) is 15.3 Å². The van der Waals surface area contributed by atoms with E-state index in [0.29, 0.717) is 5.69 Å². The minimum Gasteiger partial charge on any atom is -0.394 e. The minimum atomic E-state index is -0.958. The zero-order valence-corrected chi connectivity index (χ0v) is 16.8. The van der Waals surface area contributed by atoms with Crippen LogP contribution in [-0.2, 0) is 6.42 Å². The lowest BCUT2D eigenvalue weighted by atomic mass is 9.93. The van der Waals surface area contributed by atoms with Crippen molar-refractivity contribution < 1.29 is 18.7 Å². The molecule has 1 atom stereocenters. The smallest absolute Gasteiger partial charge is 0.209 e. The molecule has 0 amide bonds. The number of ketones is 1. The summed E-state index contributed by atoms with van der Waals surface area (Å²) in [6.45, 7) is 2.05. The molecule has 1 aliphatic rings. The van der Waals surface area contributed by atoms with Gasteiger partial charge in [0.1, 0.15) is 17.3 Å². The second-order valence-electron chi connectivity index (χ2n) is 7.94. The summed E-state index contributed by atoms with van der Waals surface area (Å²) in [5.41, 5.74) is 11.0. The third-order valence-corrected chi connectivity index (χ3v) is 6.22. The van der Waals surface area contributed by atoms with E-state index in [0.717, 1.165) is 52.7 Å². The monoisotopic (exact) mass is 418 g/mol. The number of rotatable bonds is 3. The lowest BCUT2D eigenvalue weighted by Crippen LogP contribution is -2.08. The highest BCUT2D eigenvalue weighted by Gasteiger charge is 2.24.